The average molecular weight is 581 g/mol. The predicted molar refractivity (Wildman–Crippen MR) is 168 cm³/mol. The molecule has 2 heterocycles. The summed E-state index contributed by atoms with van der Waals surface area (Å²) in [5.41, 5.74) is 5.19. The van der Waals surface area contributed by atoms with Crippen molar-refractivity contribution >= 4 is 17.4 Å². The van der Waals surface area contributed by atoms with Crippen molar-refractivity contribution in [3.05, 3.63) is 95.6 Å². The van der Waals surface area contributed by atoms with E-state index in [4.69, 9.17) is 4.74 Å². The summed E-state index contributed by atoms with van der Waals surface area (Å²) in [6.45, 7) is 21.6. The van der Waals surface area contributed by atoms with Gasteiger partial charge in [0.15, 0.2) is 0 Å². The number of halogens is 2. The number of amides is 1. The van der Waals surface area contributed by atoms with Crippen LogP contribution in [0.25, 0.3) is 5.57 Å². The van der Waals surface area contributed by atoms with Crippen LogP contribution in [0, 0.1) is 11.6 Å². The van der Waals surface area contributed by atoms with Crippen molar-refractivity contribution < 1.29 is 18.3 Å². The molecule has 0 unspecified atom stereocenters. The van der Waals surface area contributed by atoms with E-state index in [2.05, 4.69) is 41.4 Å². The maximum Gasteiger partial charge on any atom is 0.410 e. The summed E-state index contributed by atoms with van der Waals surface area (Å²) in [6, 6.07) is 9.56. The molecule has 0 saturated carbocycles. The highest BCUT2D eigenvalue weighted by molar-refractivity contribution is 6.12. The van der Waals surface area contributed by atoms with Gasteiger partial charge >= 0.3 is 6.09 Å². The number of aryl methyl sites for hydroxylation is 1. The fourth-order valence-corrected chi connectivity index (χ4v) is 4.85. The molecule has 0 radical (unpaired) electrons. The molecule has 6 nitrogen and oxygen atoms in total. The molecule has 1 fully saturated rings. The number of carbonyl (C=O) groups is 1. The first-order valence-corrected chi connectivity index (χ1v) is 14.4. The van der Waals surface area contributed by atoms with Gasteiger partial charge in [-0.3, -0.25) is 9.98 Å². The van der Waals surface area contributed by atoms with Gasteiger partial charge in [-0.2, -0.15) is 0 Å². The number of hydrogen-bond donors (Lipinski definition) is 0. The minimum atomic E-state index is -0.501. The first-order valence-electron chi connectivity index (χ1n) is 14.4. The summed E-state index contributed by atoms with van der Waals surface area (Å²) < 4.78 is 30.6. The third-order valence-electron chi connectivity index (χ3n) is 6.70. The van der Waals surface area contributed by atoms with Crippen molar-refractivity contribution in [3.63, 3.8) is 0 Å². The van der Waals surface area contributed by atoms with Gasteiger partial charge in [0, 0.05) is 66.7 Å². The summed E-state index contributed by atoms with van der Waals surface area (Å²) >= 11 is 0. The van der Waals surface area contributed by atoms with Crippen LogP contribution in [0.3, 0.4) is 0 Å². The van der Waals surface area contributed by atoms with Crippen LogP contribution in [-0.4, -0.2) is 57.9 Å². The number of pyridine rings is 1. The van der Waals surface area contributed by atoms with Crippen molar-refractivity contribution in [2.45, 2.75) is 79.9 Å². The summed E-state index contributed by atoms with van der Waals surface area (Å²) in [5, 5.41) is 0. The van der Waals surface area contributed by atoms with E-state index >= 15 is 0 Å². The summed E-state index contributed by atoms with van der Waals surface area (Å²) in [5.74, 6) is -0.984. The van der Waals surface area contributed by atoms with Gasteiger partial charge in [0.2, 0.25) is 0 Å². The van der Waals surface area contributed by atoms with E-state index in [0.29, 0.717) is 6.54 Å². The predicted octanol–water partition coefficient (Wildman–Crippen LogP) is 8.22. The standard InChI is InChI=1S/C25H36N4O2.C9H10F2/c1-9-21(22-13-11-12-14-27-22)23(19(4)26-10-2)20(5)28-15-16-29(18(3)17-28)24(30)31-25(6,7)8;1-2-3-7-4-8(10)6-9(11)5-7/h9-14,18H,2,15-17H2,1,3-8H3;4-6H,2-3H2,1H3/b21-9-,23-20-,26-19?;/t18-;/m1./s1. The Morgan fingerprint density at radius 2 is 1.83 bits per heavy atom. The third kappa shape index (κ3) is 10.2. The van der Waals surface area contributed by atoms with Crippen molar-refractivity contribution in [2.24, 2.45) is 4.99 Å². The lowest BCUT2D eigenvalue weighted by molar-refractivity contribution is 0.00495. The normalized spacial score (nSPS) is 16.8. The number of ether oxygens (including phenoxy) is 1. The van der Waals surface area contributed by atoms with Gasteiger partial charge in [0.1, 0.15) is 17.2 Å². The highest BCUT2D eigenvalue weighted by Gasteiger charge is 2.32. The Morgan fingerprint density at radius 1 is 1.17 bits per heavy atom. The summed E-state index contributed by atoms with van der Waals surface area (Å²) in [4.78, 5) is 25.8. The minimum absolute atomic E-state index is 0.0281. The highest BCUT2D eigenvalue weighted by atomic mass is 19.1. The Balaban J connectivity index is 0.000000468. The molecule has 1 aromatic heterocycles. The first-order chi connectivity index (χ1) is 19.8. The van der Waals surface area contributed by atoms with E-state index in [1.807, 2.05) is 64.6 Å². The molecule has 1 aromatic carbocycles. The fraction of sp³-hybridized carbons (Fsp3) is 0.441. The monoisotopic (exact) mass is 580 g/mol. The molecule has 1 atom stereocenters. The van der Waals surface area contributed by atoms with E-state index in [1.165, 1.54) is 12.1 Å². The SMILES string of the molecule is C=CN=C(C)C(/C(=C\C)c1ccccn1)=C(\C)N1CCN(C(=O)OC(C)(C)C)[C@H](C)C1.CCCc1cc(F)cc(F)c1. The topological polar surface area (TPSA) is 58.0 Å². The fourth-order valence-electron chi connectivity index (χ4n) is 4.85. The number of rotatable bonds is 7. The molecule has 3 rings (SSSR count). The van der Waals surface area contributed by atoms with Gasteiger partial charge in [0.05, 0.1) is 5.69 Å². The Morgan fingerprint density at radius 3 is 2.33 bits per heavy atom. The molecule has 2 aromatic rings. The molecule has 1 saturated heterocycles. The van der Waals surface area contributed by atoms with Crippen LogP contribution in [0.2, 0.25) is 0 Å². The van der Waals surface area contributed by atoms with Crippen LogP contribution in [0.4, 0.5) is 13.6 Å². The van der Waals surface area contributed by atoms with Crippen LogP contribution in [0.5, 0.6) is 0 Å². The van der Waals surface area contributed by atoms with Crippen LogP contribution < -0.4 is 0 Å². The number of hydrogen-bond acceptors (Lipinski definition) is 5. The van der Waals surface area contributed by atoms with Gasteiger partial charge in [-0.15, -0.1) is 0 Å². The van der Waals surface area contributed by atoms with Crippen molar-refractivity contribution in [3.8, 4) is 0 Å². The number of carbonyl (C=O) groups excluding carboxylic acids is 1. The van der Waals surface area contributed by atoms with Crippen LogP contribution in [-0.2, 0) is 11.2 Å². The minimum Gasteiger partial charge on any atom is -0.444 e. The first kappa shape index (κ1) is 34.4. The molecule has 0 N–H and O–H groups in total. The van der Waals surface area contributed by atoms with E-state index in [0.717, 1.165) is 65.8 Å². The molecule has 1 aliphatic heterocycles. The van der Waals surface area contributed by atoms with Crippen molar-refractivity contribution in [2.75, 3.05) is 19.6 Å². The van der Waals surface area contributed by atoms with Gasteiger partial charge < -0.3 is 14.5 Å². The second-order valence-corrected chi connectivity index (χ2v) is 11.3. The zero-order valence-electron chi connectivity index (χ0n) is 26.4. The maximum absolute atomic E-state index is 12.6. The van der Waals surface area contributed by atoms with Gasteiger partial charge in [-0.25, -0.2) is 13.6 Å². The molecule has 1 aliphatic rings. The average Bonchev–Trinajstić information content (AvgIpc) is 2.90. The largest absolute Gasteiger partial charge is 0.444 e. The second kappa shape index (κ2) is 16.0. The molecule has 1 amide bonds. The van der Waals surface area contributed by atoms with Gasteiger partial charge in [-0.1, -0.05) is 32.1 Å². The number of nitrogens with zero attached hydrogens (tertiary/aromatic N) is 4. The van der Waals surface area contributed by atoms with E-state index in [9.17, 15) is 13.6 Å². The maximum atomic E-state index is 12.6. The summed E-state index contributed by atoms with van der Waals surface area (Å²) in [6.07, 6.45) is 6.82. The second-order valence-electron chi connectivity index (χ2n) is 11.3. The molecule has 0 spiro atoms. The van der Waals surface area contributed by atoms with Gasteiger partial charge in [-0.05, 0) is 84.7 Å². The van der Waals surface area contributed by atoms with Crippen molar-refractivity contribution in [1.29, 1.82) is 0 Å². The lowest BCUT2D eigenvalue weighted by Gasteiger charge is -2.42. The smallest absolute Gasteiger partial charge is 0.410 e. The molecule has 42 heavy (non-hydrogen) atoms. The number of aliphatic imine (C=N–C) groups is 1. The van der Waals surface area contributed by atoms with Crippen molar-refractivity contribution in [1.82, 2.24) is 14.8 Å². The lowest BCUT2D eigenvalue weighted by Crippen LogP contribution is -2.54. The molecular formula is C34H46F2N4O2. The number of piperazine rings is 1. The van der Waals surface area contributed by atoms with Gasteiger partial charge in [0.25, 0.3) is 0 Å². The molecule has 228 valence electrons. The number of allylic oxidation sites excluding steroid dienone is 4. The van der Waals surface area contributed by atoms with E-state index in [1.54, 1.807) is 12.4 Å². The number of benzene rings is 1. The Bertz CT molecular complexity index is 1280. The molecule has 8 heteroatoms. The summed E-state index contributed by atoms with van der Waals surface area (Å²) in [7, 11) is 0. The Kier molecular flexibility index (Phi) is 13.1. The highest BCUT2D eigenvalue weighted by Crippen LogP contribution is 2.29. The number of aromatic nitrogens is 1. The van der Waals surface area contributed by atoms with E-state index in [-0.39, 0.29) is 12.1 Å². The van der Waals surface area contributed by atoms with Crippen LogP contribution >= 0.6 is 0 Å². The van der Waals surface area contributed by atoms with Crippen LogP contribution in [0.15, 0.2) is 77.7 Å². The Labute approximate surface area is 250 Å². The zero-order chi connectivity index (χ0) is 31.4. The van der Waals surface area contributed by atoms with Crippen LogP contribution in [0.1, 0.15) is 73.1 Å². The Hall–Kier alpha value is -3.81. The third-order valence-corrected chi connectivity index (χ3v) is 6.70. The zero-order valence-corrected chi connectivity index (χ0v) is 26.4. The molecule has 0 bridgehead atoms. The quantitative estimate of drug-likeness (QED) is 0.245. The molecule has 0 aliphatic carbocycles. The molecular weight excluding hydrogens is 534 g/mol. The van der Waals surface area contributed by atoms with E-state index < -0.39 is 17.2 Å². The lowest BCUT2D eigenvalue weighted by atomic mass is 9.95.